The maximum Gasteiger partial charge on any atom is 0.260 e. The summed E-state index contributed by atoms with van der Waals surface area (Å²) in [6.45, 7) is 4.21. The first-order chi connectivity index (χ1) is 9.08. The summed E-state index contributed by atoms with van der Waals surface area (Å²) in [5.41, 5.74) is 0.570. The molecule has 1 unspecified atom stereocenters. The number of hydrogen-bond acceptors (Lipinski definition) is 3. The molecule has 0 aliphatic heterocycles. The van der Waals surface area contributed by atoms with Gasteiger partial charge in [-0.3, -0.25) is 4.79 Å². The van der Waals surface area contributed by atoms with Gasteiger partial charge in [-0.2, -0.15) is 0 Å². The molecule has 0 aliphatic carbocycles. The van der Waals surface area contributed by atoms with Gasteiger partial charge in [0.15, 0.2) is 6.10 Å². The quantitative estimate of drug-likeness (QED) is 0.757. The zero-order valence-electron chi connectivity index (χ0n) is 11.3. The fourth-order valence-electron chi connectivity index (χ4n) is 1.56. The molecule has 1 aromatic rings. The van der Waals surface area contributed by atoms with Crippen molar-refractivity contribution in [3.8, 4) is 5.75 Å². The number of halogens is 1. The van der Waals surface area contributed by atoms with Gasteiger partial charge in [0.1, 0.15) is 5.75 Å². The van der Waals surface area contributed by atoms with Crippen LogP contribution in [0.25, 0.3) is 0 Å². The van der Waals surface area contributed by atoms with Gasteiger partial charge in [0.25, 0.3) is 5.91 Å². The molecule has 106 valence electrons. The minimum Gasteiger partial charge on any atom is -0.481 e. The van der Waals surface area contributed by atoms with E-state index in [1.54, 1.807) is 25.1 Å². The van der Waals surface area contributed by atoms with Gasteiger partial charge in [-0.25, -0.2) is 0 Å². The summed E-state index contributed by atoms with van der Waals surface area (Å²) in [5.74, 6) is 0.317. The van der Waals surface area contributed by atoms with E-state index < -0.39 is 6.10 Å². The lowest BCUT2D eigenvalue weighted by atomic mass is 10.2. The second kappa shape index (κ2) is 8.02. The first kappa shape index (κ1) is 15.8. The van der Waals surface area contributed by atoms with Gasteiger partial charge in [-0.1, -0.05) is 24.9 Å². The van der Waals surface area contributed by atoms with Crippen LogP contribution in [0.1, 0.15) is 32.3 Å². The van der Waals surface area contributed by atoms with Crippen molar-refractivity contribution in [2.75, 3.05) is 6.54 Å². The minimum atomic E-state index is -0.608. The highest BCUT2D eigenvalue weighted by atomic mass is 35.5. The van der Waals surface area contributed by atoms with Crippen LogP contribution in [-0.4, -0.2) is 23.7 Å². The maximum absolute atomic E-state index is 11.8. The Balaban J connectivity index is 2.60. The number of hydrogen-bond donors (Lipinski definition) is 2. The maximum atomic E-state index is 11.8. The molecule has 4 nitrogen and oxygen atoms in total. The van der Waals surface area contributed by atoms with Gasteiger partial charge in [0, 0.05) is 17.1 Å². The van der Waals surface area contributed by atoms with Crippen molar-refractivity contribution < 1.29 is 14.6 Å². The lowest BCUT2D eigenvalue weighted by Gasteiger charge is -2.16. The average Bonchev–Trinajstić information content (AvgIpc) is 2.40. The van der Waals surface area contributed by atoms with Crippen LogP contribution in [0.3, 0.4) is 0 Å². The van der Waals surface area contributed by atoms with Crippen molar-refractivity contribution in [3.63, 3.8) is 0 Å². The molecule has 0 fully saturated rings. The minimum absolute atomic E-state index is 0.160. The Hall–Kier alpha value is -1.26. The largest absolute Gasteiger partial charge is 0.481 e. The standard InChI is InChI=1S/C14H20ClNO3/c1-3-4-7-16-14(18)10(2)19-13-6-5-12(15)8-11(13)9-17/h5-6,8,10,17H,3-4,7,9H2,1-2H3,(H,16,18). The van der Waals surface area contributed by atoms with Crippen LogP contribution < -0.4 is 10.1 Å². The second-order valence-electron chi connectivity index (χ2n) is 4.31. The number of carbonyl (C=O) groups excluding carboxylic acids is 1. The summed E-state index contributed by atoms with van der Waals surface area (Å²) >= 11 is 5.83. The third-order valence-corrected chi connectivity index (χ3v) is 2.93. The molecule has 2 N–H and O–H groups in total. The molecule has 0 saturated heterocycles. The first-order valence-electron chi connectivity index (χ1n) is 6.42. The molecule has 0 aliphatic rings. The van der Waals surface area contributed by atoms with Crippen LogP contribution in [0.15, 0.2) is 18.2 Å². The fraction of sp³-hybridized carbons (Fsp3) is 0.500. The normalized spacial score (nSPS) is 12.0. The molecule has 0 bridgehead atoms. The number of rotatable bonds is 7. The van der Waals surface area contributed by atoms with E-state index in [9.17, 15) is 9.90 Å². The van der Waals surface area contributed by atoms with Gasteiger partial charge < -0.3 is 15.2 Å². The van der Waals surface area contributed by atoms with E-state index in [1.807, 2.05) is 0 Å². The summed E-state index contributed by atoms with van der Waals surface area (Å²) in [6, 6.07) is 4.94. The molecule has 0 spiro atoms. The van der Waals surface area contributed by atoms with Crippen molar-refractivity contribution in [2.24, 2.45) is 0 Å². The molecule has 1 atom stereocenters. The smallest absolute Gasteiger partial charge is 0.260 e. The van der Waals surface area contributed by atoms with E-state index >= 15 is 0 Å². The molecular formula is C14H20ClNO3. The molecule has 19 heavy (non-hydrogen) atoms. The Morgan fingerprint density at radius 1 is 1.53 bits per heavy atom. The Bertz CT molecular complexity index is 423. The predicted octanol–water partition coefficient (Wildman–Crippen LogP) is 2.52. The molecule has 0 saturated carbocycles. The van der Waals surface area contributed by atoms with E-state index in [1.165, 1.54) is 0 Å². The summed E-state index contributed by atoms with van der Waals surface area (Å²) in [5, 5.41) is 12.6. The zero-order valence-corrected chi connectivity index (χ0v) is 12.0. The van der Waals surface area contributed by atoms with Gasteiger partial charge >= 0.3 is 0 Å². The van der Waals surface area contributed by atoms with Gasteiger partial charge in [0.05, 0.1) is 6.61 Å². The van der Waals surface area contributed by atoms with Crippen molar-refractivity contribution in [1.29, 1.82) is 0 Å². The molecular weight excluding hydrogens is 266 g/mol. The van der Waals surface area contributed by atoms with Gasteiger partial charge in [0.2, 0.25) is 0 Å². The number of unbranched alkanes of at least 4 members (excludes halogenated alkanes) is 1. The topological polar surface area (TPSA) is 58.6 Å². The van der Waals surface area contributed by atoms with Crippen LogP contribution in [-0.2, 0) is 11.4 Å². The first-order valence-corrected chi connectivity index (χ1v) is 6.80. The molecule has 0 heterocycles. The Labute approximate surface area is 118 Å². The SMILES string of the molecule is CCCCNC(=O)C(C)Oc1ccc(Cl)cc1CO. The fourth-order valence-corrected chi connectivity index (χ4v) is 1.76. The van der Waals surface area contributed by atoms with Crippen LogP contribution in [0.4, 0.5) is 0 Å². The highest BCUT2D eigenvalue weighted by Gasteiger charge is 2.15. The van der Waals surface area contributed by atoms with E-state index in [4.69, 9.17) is 16.3 Å². The van der Waals surface area contributed by atoms with Crippen molar-refractivity contribution in [1.82, 2.24) is 5.32 Å². The van der Waals surface area contributed by atoms with Crippen LogP contribution >= 0.6 is 11.6 Å². The van der Waals surface area contributed by atoms with Gasteiger partial charge in [-0.15, -0.1) is 0 Å². The van der Waals surface area contributed by atoms with Crippen LogP contribution in [0.5, 0.6) is 5.75 Å². The lowest BCUT2D eigenvalue weighted by molar-refractivity contribution is -0.127. The predicted molar refractivity (Wildman–Crippen MR) is 75.4 cm³/mol. The summed E-state index contributed by atoms with van der Waals surface area (Å²) in [4.78, 5) is 11.8. The molecule has 5 heteroatoms. The van der Waals surface area contributed by atoms with Gasteiger partial charge in [-0.05, 0) is 31.5 Å². The Morgan fingerprint density at radius 2 is 2.26 bits per heavy atom. The summed E-state index contributed by atoms with van der Waals surface area (Å²) < 4.78 is 5.55. The number of nitrogens with one attached hydrogen (secondary N) is 1. The number of benzene rings is 1. The van der Waals surface area contributed by atoms with E-state index in [0.717, 1.165) is 12.8 Å². The number of carbonyl (C=O) groups is 1. The summed E-state index contributed by atoms with van der Waals surface area (Å²) in [6.07, 6.45) is 1.37. The van der Waals surface area contributed by atoms with E-state index in [0.29, 0.717) is 22.9 Å². The Kier molecular flexibility index (Phi) is 6.67. The highest BCUT2D eigenvalue weighted by Crippen LogP contribution is 2.23. The summed E-state index contributed by atoms with van der Waals surface area (Å²) in [7, 11) is 0. The van der Waals surface area contributed by atoms with Crippen LogP contribution in [0.2, 0.25) is 5.02 Å². The third kappa shape index (κ3) is 5.09. The van der Waals surface area contributed by atoms with Crippen molar-refractivity contribution >= 4 is 17.5 Å². The van der Waals surface area contributed by atoms with Crippen molar-refractivity contribution in [2.45, 2.75) is 39.4 Å². The average molecular weight is 286 g/mol. The molecule has 0 aromatic heterocycles. The Morgan fingerprint density at radius 3 is 2.89 bits per heavy atom. The second-order valence-corrected chi connectivity index (χ2v) is 4.75. The number of aliphatic hydroxyl groups is 1. The third-order valence-electron chi connectivity index (χ3n) is 2.70. The molecule has 1 amide bonds. The monoisotopic (exact) mass is 285 g/mol. The van der Waals surface area contributed by atoms with E-state index in [2.05, 4.69) is 12.2 Å². The van der Waals surface area contributed by atoms with E-state index in [-0.39, 0.29) is 12.5 Å². The number of aliphatic hydroxyl groups excluding tert-OH is 1. The molecule has 1 aromatic carbocycles. The highest BCUT2D eigenvalue weighted by molar-refractivity contribution is 6.30. The number of ether oxygens (including phenoxy) is 1. The number of amides is 1. The molecule has 1 rings (SSSR count). The zero-order chi connectivity index (χ0) is 14.3. The van der Waals surface area contributed by atoms with Crippen molar-refractivity contribution in [3.05, 3.63) is 28.8 Å². The molecule has 0 radical (unpaired) electrons. The lowest BCUT2D eigenvalue weighted by Crippen LogP contribution is -2.36. The van der Waals surface area contributed by atoms with Crippen LogP contribution in [0, 0.1) is 0 Å².